The minimum absolute atomic E-state index is 0.0615. The fourth-order valence-electron chi connectivity index (χ4n) is 5.28. The number of hydrogen-bond acceptors (Lipinski definition) is 5. The topological polar surface area (TPSA) is 77.0 Å². The molecule has 5 rings (SSSR count). The van der Waals surface area contributed by atoms with E-state index in [0.29, 0.717) is 21.2 Å². The van der Waals surface area contributed by atoms with Crippen LogP contribution in [0.2, 0.25) is 5.02 Å². The van der Waals surface area contributed by atoms with Crippen molar-refractivity contribution < 1.29 is 13.4 Å². The maximum atomic E-state index is 15.3. The van der Waals surface area contributed by atoms with E-state index in [1.165, 1.54) is 6.07 Å². The maximum absolute atomic E-state index is 15.3. The predicted molar refractivity (Wildman–Crippen MR) is 139 cm³/mol. The fourth-order valence-corrected chi connectivity index (χ4v) is 7.47. The van der Waals surface area contributed by atoms with Crippen LogP contribution in [-0.2, 0) is 14.5 Å². The van der Waals surface area contributed by atoms with Gasteiger partial charge in [0.2, 0.25) is 5.91 Å². The number of fused-ring (bicyclic) bond motifs is 1. The van der Waals surface area contributed by atoms with Crippen molar-refractivity contribution in [2.75, 3.05) is 24.7 Å². The summed E-state index contributed by atoms with van der Waals surface area (Å²) in [4.78, 5) is 14.9. The number of benzene rings is 2. The summed E-state index contributed by atoms with van der Waals surface area (Å²) >= 11 is 6.32. The maximum Gasteiger partial charge on any atom is 0.245 e. The zero-order valence-electron chi connectivity index (χ0n) is 20.0. The van der Waals surface area contributed by atoms with E-state index in [1.807, 2.05) is 31.1 Å². The highest BCUT2D eigenvalue weighted by Gasteiger charge is 2.44. The lowest BCUT2D eigenvalue weighted by Gasteiger charge is -2.50. The number of anilines is 1. The van der Waals surface area contributed by atoms with Crippen LogP contribution in [0.1, 0.15) is 36.0 Å². The largest absolute Gasteiger partial charge is 0.351 e. The minimum Gasteiger partial charge on any atom is -0.351 e. The van der Waals surface area contributed by atoms with Gasteiger partial charge in [-0.15, -0.1) is 0 Å². The molecule has 0 saturated carbocycles. The average molecular weight is 518 g/mol. The number of carbonyl (C=O) groups is 1. The van der Waals surface area contributed by atoms with Crippen molar-refractivity contribution in [1.82, 2.24) is 15.0 Å². The minimum atomic E-state index is -3.02. The molecule has 35 heavy (non-hydrogen) atoms. The molecule has 10 heteroatoms. The molecule has 1 fully saturated rings. The van der Waals surface area contributed by atoms with Gasteiger partial charge in [0.05, 0.1) is 51.2 Å². The molecule has 186 valence electrons. The molecule has 0 radical (unpaired) electrons. The number of halogens is 2. The predicted octanol–water partition coefficient (Wildman–Crippen LogP) is 3.19. The first-order valence-electron chi connectivity index (χ1n) is 11.6. The van der Waals surface area contributed by atoms with Crippen LogP contribution in [0.5, 0.6) is 0 Å². The van der Waals surface area contributed by atoms with Crippen LogP contribution in [0, 0.1) is 19.7 Å². The van der Waals surface area contributed by atoms with Crippen molar-refractivity contribution in [3.05, 3.63) is 57.9 Å². The molecule has 1 saturated heterocycles. The molecule has 1 amide bonds. The van der Waals surface area contributed by atoms with Gasteiger partial charge >= 0.3 is 0 Å². The van der Waals surface area contributed by atoms with Crippen LogP contribution in [-0.4, -0.2) is 57.8 Å². The van der Waals surface area contributed by atoms with E-state index in [1.54, 1.807) is 18.2 Å². The molecule has 0 spiro atoms. The van der Waals surface area contributed by atoms with Gasteiger partial charge in [-0.05, 0) is 60.7 Å². The van der Waals surface area contributed by atoms with Gasteiger partial charge in [0, 0.05) is 24.0 Å². The van der Waals surface area contributed by atoms with Crippen LogP contribution in [0.4, 0.5) is 10.1 Å². The van der Waals surface area contributed by atoms with Crippen molar-refractivity contribution in [3.63, 3.8) is 0 Å². The number of nitrogens with one attached hydrogen (secondary N) is 2. The molecule has 2 N–H and O–H groups in total. The van der Waals surface area contributed by atoms with Crippen molar-refractivity contribution >= 4 is 44.5 Å². The molecule has 1 unspecified atom stereocenters. The van der Waals surface area contributed by atoms with E-state index in [9.17, 15) is 9.00 Å². The summed E-state index contributed by atoms with van der Waals surface area (Å²) < 4.78 is 31.5. The van der Waals surface area contributed by atoms with E-state index in [2.05, 4.69) is 26.6 Å². The first kappa shape index (κ1) is 24.2. The van der Waals surface area contributed by atoms with Crippen LogP contribution in [0.25, 0.3) is 0 Å². The summed E-state index contributed by atoms with van der Waals surface area (Å²) in [6.45, 7) is 7.59. The third-order valence-electron chi connectivity index (χ3n) is 7.42. The van der Waals surface area contributed by atoms with Gasteiger partial charge in [-0.2, -0.15) is 5.10 Å². The van der Waals surface area contributed by atoms with Gasteiger partial charge in [-0.25, -0.2) is 18.3 Å². The lowest BCUT2D eigenvalue weighted by Crippen LogP contribution is -2.64. The molecule has 2 aromatic rings. The van der Waals surface area contributed by atoms with Crippen molar-refractivity contribution in [2.45, 2.75) is 50.1 Å². The van der Waals surface area contributed by atoms with E-state index in [-0.39, 0.29) is 30.9 Å². The Bertz CT molecular complexity index is 1340. The normalized spacial score (nSPS) is 24.4. The number of hydrogen-bond donors (Lipinski definition) is 2. The second-order valence-electron chi connectivity index (χ2n) is 9.54. The Morgan fingerprint density at radius 3 is 2.63 bits per heavy atom. The van der Waals surface area contributed by atoms with E-state index in [4.69, 9.17) is 11.6 Å². The summed E-state index contributed by atoms with van der Waals surface area (Å²) in [6, 6.07) is 8.10. The SMILES string of the molecule is C=S1(=O)c2ccc(Cl)cc2N(C2CNC2)CN1[C@H](C1=NNC(=O)C1)[C@H](C)c1c(F)ccc(C)c1C. The molecule has 7 nitrogen and oxygen atoms in total. The molecule has 3 aliphatic heterocycles. The van der Waals surface area contributed by atoms with Crippen LogP contribution >= 0.6 is 11.6 Å². The summed E-state index contributed by atoms with van der Waals surface area (Å²) in [6.07, 6.45) is 0.0615. The van der Waals surface area contributed by atoms with E-state index < -0.39 is 21.7 Å². The van der Waals surface area contributed by atoms with Gasteiger partial charge in [0.1, 0.15) is 5.82 Å². The highest BCUT2D eigenvalue weighted by atomic mass is 35.5. The highest BCUT2D eigenvalue weighted by Crippen LogP contribution is 2.41. The Morgan fingerprint density at radius 1 is 1.26 bits per heavy atom. The zero-order valence-corrected chi connectivity index (χ0v) is 21.5. The van der Waals surface area contributed by atoms with Crippen molar-refractivity contribution in [2.24, 2.45) is 5.10 Å². The molecular weight excluding hydrogens is 489 g/mol. The van der Waals surface area contributed by atoms with Crippen LogP contribution < -0.4 is 15.6 Å². The second kappa shape index (κ2) is 8.89. The van der Waals surface area contributed by atoms with Gasteiger partial charge < -0.3 is 10.2 Å². The van der Waals surface area contributed by atoms with Gasteiger partial charge in [-0.3, -0.25) is 4.79 Å². The standard InChI is InChI=1S/C25H29ClFN5O2S/c1-14-5-7-19(27)24(15(14)2)16(3)25(20-10-23(33)30-29-20)32-13-31(18-11-28-12-18)21-9-17(26)6-8-22(21)35(32,4)34/h5-9,16,18,25,28H,4,10-13H2,1-3H3,(H,30,33)/t16-,25+,35?/m1/s1. The number of amides is 1. The highest BCUT2D eigenvalue weighted by molar-refractivity contribution is 7.98. The van der Waals surface area contributed by atoms with Gasteiger partial charge in [0.15, 0.2) is 0 Å². The quantitative estimate of drug-likeness (QED) is 0.597. The molecule has 3 aliphatic rings. The Kier molecular flexibility index (Phi) is 6.15. The van der Waals surface area contributed by atoms with E-state index >= 15 is 4.39 Å². The molecule has 0 bridgehead atoms. The average Bonchev–Trinajstić information content (AvgIpc) is 3.18. The lowest BCUT2D eigenvalue weighted by atomic mass is 9.85. The Hall–Kier alpha value is -2.46. The third kappa shape index (κ3) is 4.04. The first-order chi connectivity index (χ1) is 16.6. The monoisotopic (exact) mass is 517 g/mol. The van der Waals surface area contributed by atoms with Gasteiger partial charge in [0.25, 0.3) is 0 Å². The molecule has 2 aromatic carbocycles. The smallest absolute Gasteiger partial charge is 0.245 e. The van der Waals surface area contributed by atoms with Crippen molar-refractivity contribution in [1.29, 1.82) is 0 Å². The Morgan fingerprint density at radius 2 is 2.00 bits per heavy atom. The number of nitrogens with zero attached hydrogens (tertiary/aromatic N) is 3. The Balaban J connectivity index is 1.67. The molecule has 0 aliphatic carbocycles. The zero-order chi connectivity index (χ0) is 25.1. The van der Waals surface area contributed by atoms with Crippen LogP contribution in [0.15, 0.2) is 40.3 Å². The number of rotatable bonds is 5. The molecular formula is C25H29ClFN5O2S. The molecule has 3 atom stereocenters. The summed E-state index contributed by atoms with van der Waals surface area (Å²) in [5.74, 6) is 3.17. The second-order valence-corrected chi connectivity index (χ2v) is 12.2. The number of carbonyl (C=O) groups excluding carboxylic acids is 1. The number of hydrazone groups is 1. The Labute approximate surface area is 210 Å². The summed E-state index contributed by atoms with van der Waals surface area (Å²) in [5.41, 5.74) is 6.18. The first-order valence-corrected chi connectivity index (χ1v) is 13.7. The molecule has 0 aromatic heterocycles. The van der Waals surface area contributed by atoms with Crippen molar-refractivity contribution in [3.8, 4) is 0 Å². The summed E-state index contributed by atoms with van der Waals surface area (Å²) in [7, 11) is -3.02. The van der Waals surface area contributed by atoms with Crippen LogP contribution in [0.3, 0.4) is 0 Å². The van der Waals surface area contributed by atoms with Gasteiger partial charge in [-0.1, -0.05) is 24.6 Å². The molecule has 3 heterocycles. The fraction of sp³-hybridized carbons (Fsp3) is 0.400. The number of aryl methyl sites for hydroxylation is 1. The summed E-state index contributed by atoms with van der Waals surface area (Å²) in [5, 5.41) is 8.16. The lowest BCUT2D eigenvalue weighted by molar-refractivity contribution is -0.119. The third-order valence-corrected chi connectivity index (χ3v) is 9.79. The van der Waals surface area contributed by atoms with E-state index in [0.717, 1.165) is 29.9 Å².